The number of fused-ring (bicyclic) bond motifs is 1. The molecule has 0 saturated heterocycles. The van der Waals surface area contributed by atoms with Crippen LogP contribution in [0.3, 0.4) is 0 Å². The summed E-state index contributed by atoms with van der Waals surface area (Å²) < 4.78 is 0. The van der Waals surface area contributed by atoms with Crippen LogP contribution in [0.15, 0.2) is 84.9 Å². The van der Waals surface area contributed by atoms with Crippen LogP contribution in [0, 0.1) is 6.92 Å². The van der Waals surface area contributed by atoms with Crippen molar-refractivity contribution in [1.82, 2.24) is 4.98 Å². The number of pyridine rings is 1. The molecule has 3 aromatic carbocycles. The van der Waals surface area contributed by atoms with Crippen LogP contribution in [-0.2, 0) is 0 Å². The fourth-order valence-corrected chi connectivity index (χ4v) is 3.01. The Hall–Kier alpha value is -3.46. The maximum absolute atomic E-state index is 12.5. The number of nitrogens with one attached hydrogen (secondary N) is 1. The summed E-state index contributed by atoms with van der Waals surface area (Å²) in [7, 11) is 0. The van der Waals surface area contributed by atoms with Crippen molar-refractivity contribution in [2.75, 3.05) is 5.32 Å². The van der Waals surface area contributed by atoms with Gasteiger partial charge in [0, 0.05) is 22.2 Å². The normalized spacial score (nSPS) is 10.7. The van der Waals surface area contributed by atoms with Gasteiger partial charge >= 0.3 is 0 Å². The number of hydrogen-bond donors (Lipinski definition) is 1. The number of carbonyl (C=O) groups is 1. The van der Waals surface area contributed by atoms with Gasteiger partial charge in [-0.3, -0.25) is 4.79 Å². The molecule has 126 valence electrons. The molecule has 0 bridgehead atoms. The van der Waals surface area contributed by atoms with Crippen molar-refractivity contribution >= 4 is 22.5 Å². The molecule has 26 heavy (non-hydrogen) atoms. The van der Waals surface area contributed by atoms with Crippen LogP contribution in [0.1, 0.15) is 15.9 Å². The molecule has 0 aliphatic carbocycles. The maximum Gasteiger partial charge on any atom is 0.255 e. The van der Waals surface area contributed by atoms with Crippen molar-refractivity contribution in [3.63, 3.8) is 0 Å². The van der Waals surface area contributed by atoms with Crippen LogP contribution in [-0.4, -0.2) is 10.9 Å². The molecule has 0 spiro atoms. The van der Waals surface area contributed by atoms with E-state index in [1.807, 2.05) is 85.8 Å². The summed E-state index contributed by atoms with van der Waals surface area (Å²) in [5.74, 6) is -0.105. The van der Waals surface area contributed by atoms with Gasteiger partial charge in [-0.1, -0.05) is 54.6 Å². The van der Waals surface area contributed by atoms with Gasteiger partial charge in [-0.05, 0) is 42.8 Å². The van der Waals surface area contributed by atoms with Gasteiger partial charge in [0.1, 0.15) is 0 Å². The first-order valence-corrected chi connectivity index (χ1v) is 8.54. The lowest BCUT2D eigenvalue weighted by molar-refractivity contribution is 0.102. The summed E-state index contributed by atoms with van der Waals surface area (Å²) in [6.45, 7) is 1.93. The van der Waals surface area contributed by atoms with E-state index in [-0.39, 0.29) is 5.91 Å². The van der Waals surface area contributed by atoms with Crippen LogP contribution in [0.2, 0.25) is 0 Å². The number of amides is 1. The van der Waals surface area contributed by atoms with E-state index >= 15 is 0 Å². The molecule has 0 radical (unpaired) electrons. The number of aromatic nitrogens is 1. The molecule has 0 unspecified atom stereocenters. The van der Waals surface area contributed by atoms with Gasteiger partial charge < -0.3 is 5.32 Å². The second kappa shape index (κ2) is 6.81. The summed E-state index contributed by atoms with van der Waals surface area (Å²) in [6.07, 6.45) is 0. The number of anilines is 1. The predicted molar refractivity (Wildman–Crippen MR) is 106 cm³/mol. The van der Waals surface area contributed by atoms with E-state index in [9.17, 15) is 4.79 Å². The van der Waals surface area contributed by atoms with Gasteiger partial charge in [0.2, 0.25) is 0 Å². The van der Waals surface area contributed by atoms with E-state index in [0.717, 1.165) is 33.4 Å². The number of rotatable bonds is 3. The molecular weight excluding hydrogens is 320 g/mol. The van der Waals surface area contributed by atoms with Crippen LogP contribution < -0.4 is 5.32 Å². The molecule has 1 N–H and O–H groups in total. The van der Waals surface area contributed by atoms with Gasteiger partial charge in [-0.15, -0.1) is 0 Å². The SMILES string of the molecule is Cc1ccccc1C(=O)Nc1cccc(-c2ccc3ccccc3n2)c1. The first kappa shape index (κ1) is 16.0. The second-order valence-electron chi connectivity index (χ2n) is 6.24. The molecule has 1 amide bonds. The number of hydrogen-bond acceptors (Lipinski definition) is 2. The topological polar surface area (TPSA) is 42.0 Å². The van der Waals surface area contributed by atoms with E-state index in [4.69, 9.17) is 4.98 Å². The van der Waals surface area contributed by atoms with Crippen molar-refractivity contribution in [1.29, 1.82) is 0 Å². The first-order valence-electron chi connectivity index (χ1n) is 8.54. The fraction of sp³-hybridized carbons (Fsp3) is 0.0435. The minimum atomic E-state index is -0.105. The average Bonchev–Trinajstić information content (AvgIpc) is 2.68. The van der Waals surface area contributed by atoms with Gasteiger partial charge in [0.15, 0.2) is 0 Å². The molecule has 4 rings (SSSR count). The summed E-state index contributed by atoms with van der Waals surface area (Å²) in [5.41, 5.74) is 5.21. The number of para-hydroxylation sites is 1. The summed E-state index contributed by atoms with van der Waals surface area (Å²) in [4.78, 5) is 17.3. The van der Waals surface area contributed by atoms with Crippen molar-refractivity contribution < 1.29 is 4.79 Å². The Morgan fingerprint density at radius 3 is 2.54 bits per heavy atom. The van der Waals surface area contributed by atoms with Gasteiger partial charge in [0.05, 0.1) is 11.2 Å². The highest BCUT2D eigenvalue weighted by molar-refractivity contribution is 6.05. The molecule has 0 aliphatic heterocycles. The molecule has 4 aromatic rings. The molecule has 1 aromatic heterocycles. The smallest absolute Gasteiger partial charge is 0.255 e. The number of carbonyl (C=O) groups excluding carboxylic acids is 1. The third kappa shape index (κ3) is 3.20. The van der Waals surface area contributed by atoms with Gasteiger partial charge in [-0.2, -0.15) is 0 Å². The number of aryl methyl sites for hydroxylation is 1. The Morgan fingerprint density at radius 2 is 1.65 bits per heavy atom. The summed E-state index contributed by atoms with van der Waals surface area (Å²) in [5, 5.41) is 4.09. The third-order valence-electron chi connectivity index (χ3n) is 4.40. The van der Waals surface area contributed by atoms with E-state index in [1.165, 1.54) is 0 Å². The molecule has 3 heteroatoms. The minimum absolute atomic E-state index is 0.105. The first-order chi connectivity index (χ1) is 12.7. The number of benzene rings is 3. The predicted octanol–water partition coefficient (Wildman–Crippen LogP) is 5.46. The highest BCUT2D eigenvalue weighted by atomic mass is 16.1. The largest absolute Gasteiger partial charge is 0.322 e. The zero-order valence-electron chi connectivity index (χ0n) is 14.4. The Labute approximate surface area is 152 Å². The Bertz CT molecular complexity index is 1100. The molecule has 3 nitrogen and oxygen atoms in total. The Balaban J connectivity index is 1.64. The lowest BCUT2D eigenvalue weighted by Crippen LogP contribution is -2.13. The van der Waals surface area contributed by atoms with Crippen LogP contribution in [0.4, 0.5) is 5.69 Å². The monoisotopic (exact) mass is 338 g/mol. The Morgan fingerprint density at radius 1 is 0.846 bits per heavy atom. The van der Waals surface area contributed by atoms with E-state index in [0.29, 0.717) is 5.56 Å². The molecule has 0 atom stereocenters. The van der Waals surface area contributed by atoms with Crippen LogP contribution in [0.5, 0.6) is 0 Å². The maximum atomic E-state index is 12.5. The molecular formula is C23H18N2O. The van der Waals surface area contributed by atoms with Crippen LogP contribution >= 0.6 is 0 Å². The van der Waals surface area contributed by atoms with Crippen molar-refractivity contribution in [3.8, 4) is 11.3 Å². The van der Waals surface area contributed by atoms with Crippen molar-refractivity contribution in [2.24, 2.45) is 0 Å². The molecule has 0 aliphatic rings. The standard InChI is InChI=1S/C23H18N2O/c1-16-7-2-4-11-20(16)23(26)24-19-10-6-9-18(15-19)22-14-13-17-8-3-5-12-21(17)25-22/h2-15H,1H3,(H,24,26). The van der Waals surface area contributed by atoms with E-state index in [2.05, 4.69) is 11.4 Å². The van der Waals surface area contributed by atoms with Crippen molar-refractivity contribution in [3.05, 3.63) is 96.1 Å². The molecule has 0 saturated carbocycles. The minimum Gasteiger partial charge on any atom is -0.322 e. The molecule has 1 heterocycles. The number of nitrogens with zero attached hydrogens (tertiary/aromatic N) is 1. The van der Waals surface area contributed by atoms with E-state index < -0.39 is 0 Å². The molecule has 0 fully saturated rings. The van der Waals surface area contributed by atoms with Crippen molar-refractivity contribution in [2.45, 2.75) is 6.92 Å². The zero-order valence-corrected chi connectivity index (χ0v) is 14.4. The van der Waals surface area contributed by atoms with Gasteiger partial charge in [0.25, 0.3) is 5.91 Å². The lowest BCUT2D eigenvalue weighted by Gasteiger charge is -2.09. The zero-order chi connectivity index (χ0) is 17.9. The third-order valence-corrected chi connectivity index (χ3v) is 4.40. The quantitative estimate of drug-likeness (QED) is 0.539. The summed E-state index contributed by atoms with van der Waals surface area (Å²) >= 11 is 0. The lowest BCUT2D eigenvalue weighted by atomic mass is 10.1. The Kier molecular flexibility index (Phi) is 4.20. The second-order valence-corrected chi connectivity index (χ2v) is 6.24. The highest BCUT2D eigenvalue weighted by Gasteiger charge is 2.09. The fourth-order valence-electron chi connectivity index (χ4n) is 3.01. The highest BCUT2D eigenvalue weighted by Crippen LogP contribution is 2.24. The van der Waals surface area contributed by atoms with Crippen LogP contribution in [0.25, 0.3) is 22.2 Å². The van der Waals surface area contributed by atoms with Gasteiger partial charge in [-0.25, -0.2) is 4.98 Å². The average molecular weight is 338 g/mol. The summed E-state index contributed by atoms with van der Waals surface area (Å²) in [6, 6.07) is 27.4. The van der Waals surface area contributed by atoms with E-state index in [1.54, 1.807) is 0 Å².